The number of anilines is 1. The highest BCUT2D eigenvalue weighted by Crippen LogP contribution is 2.31. The average molecular weight is 306 g/mol. The second-order valence-electron chi connectivity index (χ2n) is 6.40. The van der Waals surface area contributed by atoms with Gasteiger partial charge in [0.2, 0.25) is 5.91 Å². The number of carbonyl (C=O) groups is 1. The van der Waals surface area contributed by atoms with E-state index in [1.807, 2.05) is 6.07 Å². The summed E-state index contributed by atoms with van der Waals surface area (Å²) in [5.41, 5.74) is 6.64. The van der Waals surface area contributed by atoms with Gasteiger partial charge < -0.3 is 11.1 Å². The van der Waals surface area contributed by atoms with Gasteiger partial charge in [-0.3, -0.25) is 9.89 Å². The first kappa shape index (κ1) is 17.0. The summed E-state index contributed by atoms with van der Waals surface area (Å²) in [5.74, 6) is 1.31. The maximum Gasteiger partial charge on any atom is 0.225 e. The maximum absolute atomic E-state index is 11.9. The number of nitrogens with one attached hydrogen (secondary N) is 2. The number of hydrogen-bond acceptors (Lipinski definition) is 3. The molecule has 1 aliphatic rings. The zero-order valence-corrected chi connectivity index (χ0v) is 13.6. The molecule has 2 rings (SSSR count). The van der Waals surface area contributed by atoms with E-state index in [1.54, 1.807) is 0 Å². The Hall–Kier alpha value is -1.36. The van der Waals surface area contributed by atoms with E-state index >= 15 is 0 Å². The number of hydrogen-bond donors (Lipinski definition) is 3. The molecule has 0 atom stereocenters. The van der Waals surface area contributed by atoms with Crippen LogP contribution in [0, 0.1) is 0 Å². The molecule has 1 heterocycles. The molecule has 22 heavy (non-hydrogen) atoms. The molecule has 0 spiro atoms. The second-order valence-corrected chi connectivity index (χ2v) is 6.40. The number of rotatable bonds is 8. The number of amides is 1. The van der Waals surface area contributed by atoms with Crippen LogP contribution in [-0.2, 0) is 4.79 Å². The van der Waals surface area contributed by atoms with Crippen molar-refractivity contribution in [2.24, 2.45) is 5.73 Å². The zero-order chi connectivity index (χ0) is 15.6. The van der Waals surface area contributed by atoms with Gasteiger partial charge in [-0.2, -0.15) is 5.10 Å². The Morgan fingerprint density at radius 3 is 2.64 bits per heavy atom. The van der Waals surface area contributed by atoms with Crippen molar-refractivity contribution in [2.45, 2.75) is 76.5 Å². The van der Waals surface area contributed by atoms with Crippen LogP contribution < -0.4 is 11.1 Å². The maximum atomic E-state index is 11.9. The predicted molar refractivity (Wildman–Crippen MR) is 89.8 cm³/mol. The lowest BCUT2D eigenvalue weighted by Gasteiger charge is -2.10. The minimum Gasteiger partial charge on any atom is -0.330 e. The van der Waals surface area contributed by atoms with Crippen LogP contribution in [0.4, 0.5) is 5.82 Å². The predicted octanol–water partition coefficient (Wildman–Crippen LogP) is 3.70. The van der Waals surface area contributed by atoms with E-state index in [4.69, 9.17) is 5.73 Å². The van der Waals surface area contributed by atoms with E-state index in [-0.39, 0.29) is 5.91 Å². The molecule has 5 heteroatoms. The number of unbranched alkanes of at least 4 members (excludes halogenated alkanes) is 3. The van der Waals surface area contributed by atoms with Gasteiger partial charge in [-0.15, -0.1) is 0 Å². The largest absolute Gasteiger partial charge is 0.330 e. The molecule has 0 aliphatic heterocycles. The fourth-order valence-corrected chi connectivity index (χ4v) is 3.19. The molecule has 1 aromatic rings. The highest BCUT2D eigenvalue weighted by molar-refractivity contribution is 5.89. The SMILES string of the molecule is NCCCCCCC(=O)Nc1cc(C2CCCCCC2)[nH]n1. The minimum atomic E-state index is 0.0617. The third-order valence-corrected chi connectivity index (χ3v) is 4.52. The third-order valence-electron chi connectivity index (χ3n) is 4.52. The van der Waals surface area contributed by atoms with E-state index in [2.05, 4.69) is 15.5 Å². The van der Waals surface area contributed by atoms with E-state index in [1.165, 1.54) is 44.2 Å². The van der Waals surface area contributed by atoms with Crippen LogP contribution in [0.2, 0.25) is 0 Å². The van der Waals surface area contributed by atoms with Crippen LogP contribution in [0.1, 0.15) is 82.2 Å². The van der Waals surface area contributed by atoms with Gasteiger partial charge in [0, 0.05) is 24.1 Å². The van der Waals surface area contributed by atoms with Gasteiger partial charge in [-0.05, 0) is 32.2 Å². The van der Waals surface area contributed by atoms with Gasteiger partial charge in [0.05, 0.1) is 0 Å². The van der Waals surface area contributed by atoms with Gasteiger partial charge in [-0.25, -0.2) is 0 Å². The second kappa shape index (κ2) is 9.62. The van der Waals surface area contributed by atoms with E-state index in [0.29, 0.717) is 18.2 Å². The van der Waals surface area contributed by atoms with Crippen molar-refractivity contribution in [3.05, 3.63) is 11.8 Å². The standard InChI is InChI=1S/C17H30N4O/c18-12-8-4-3-7-11-17(22)19-16-13-15(20-21-16)14-9-5-1-2-6-10-14/h13-14H,1-12,18H2,(H2,19,20,21,22). The van der Waals surface area contributed by atoms with Crippen molar-refractivity contribution < 1.29 is 4.79 Å². The van der Waals surface area contributed by atoms with Crippen molar-refractivity contribution in [2.75, 3.05) is 11.9 Å². The van der Waals surface area contributed by atoms with Gasteiger partial charge in [-0.1, -0.05) is 38.5 Å². The zero-order valence-electron chi connectivity index (χ0n) is 13.6. The molecule has 0 saturated heterocycles. The lowest BCUT2D eigenvalue weighted by Crippen LogP contribution is -2.11. The van der Waals surface area contributed by atoms with Crippen molar-refractivity contribution in [3.63, 3.8) is 0 Å². The summed E-state index contributed by atoms with van der Waals surface area (Å²) >= 11 is 0. The minimum absolute atomic E-state index is 0.0617. The highest BCUT2D eigenvalue weighted by Gasteiger charge is 2.17. The van der Waals surface area contributed by atoms with Crippen LogP contribution in [0.5, 0.6) is 0 Å². The van der Waals surface area contributed by atoms with Gasteiger partial charge >= 0.3 is 0 Å². The molecule has 1 aromatic heterocycles. The Morgan fingerprint density at radius 2 is 1.91 bits per heavy atom. The molecule has 0 unspecified atom stereocenters. The van der Waals surface area contributed by atoms with Crippen molar-refractivity contribution in [1.29, 1.82) is 0 Å². The lowest BCUT2D eigenvalue weighted by molar-refractivity contribution is -0.116. The molecule has 1 saturated carbocycles. The summed E-state index contributed by atoms with van der Waals surface area (Å²) in [6.07, 6.45) is 12.5. The molecule has 4 N–H and O–H groups in total. The fourth-order valence-electron chi connectivity index (χ4n) is 3.19. The first-order chi connectivity index (χ1) is 10.8. The summed E-state index contributed by atoms with van der Waals surface area (Å²) < 4.78 is 0. The Morgan fingerprint density at radius 1 is 1.18 bits per heavy atom. The van der Waals surface area contributed by atoms with Crippen LogP contribution in [0.25, 0.3) is 0 Å². The van der Waals surface area contributed by atoms with Gasteiger partial charge in [0.1, 0.15) is 0 Å². The molecule has 1 aliphatic carbocycles. The summed E-state index contributed by atoms with van der Waals surface area (Å²) in [7, 11) is 0. The number of carbonyl (C=O) groups excluding carboxylic acids is 1. The number of aromatic nitrogens is 2. The van der Waals surface area contributed by atoms with Crippen molar-refractivity contribution >= 4 is 11.7 Å². The van der Waals surface area contributed by atoms with Crippen molar-refractivity contribution in [3.8, 4) is 0 Å². The van der Waals surface area contributed by atoms with Crippen LogP contribution >= 0.6 is 0 Å². The lowest BCUT2D eigenvalue weighted by atomic mass is 9.97. The van der Waals surface area contributed by atoms with E-state index in [9.17, 15) is 4.79 Å². The molecule has 1 amide bonds. The number of nitrogens with two attached hydrogens (primary N) is 1. The van der Waals surface area contributed by atoms with Crippen LogP contribution in [0.15, 0.2) is 6.07 Å². The summed E-state index contributed by atoms with van der Waals surface area (Å²) in [6, 6.07) is 2.02. The molecule has 0 aromatic carbocycles. The number of nitrogens with zero attached hydrogens (tertiary/aromatic N) is 1. The Bertz CT molecular complexity index is 436. The smallest absolute Gasteiger partial charge is 0.225 e. The number of H-pyrrole nitrogens is 1. The van der Waals surface area contributed by atoms with Gasteiger partial charge in [0.15, 0.2) is 5.82 Å². The Balaban J connectivity index is 1.72. The number of aromatic amines is 1. The molecule has 1 fully saturated rings. The Labute approximate surface area is 133 Å². The first-order valence-corrected chi connectivity index (χ1v) is 8.85. The van der Waals surface area contributed by atoms with Crippen LogP contribution in [-0.4, -0.2) is 22.6 Å². The topological polar surface area (TPSA) is 83.8 Å². The quantitative estimate of drug-likeness (QED) is 0.506. The molecular weight excluding hydrogens is 276 g/mol. The molecule has 124 valence electrons. The molecule has 5 nitrogen and oxygen atoms in total. The molecule has 0 radical (unpaired) electrons. The monoisotopic (exact) mass is 306 g/mol. The third kappa shape index (κ3) is 5.79. The normalized spacial score (nSPS) is 16.4. The molecular formula is C17H30N4O. The van der Waals surface area contributed by atoms with Crippen molar-refractivity contribution in [1.82, 2.24) is 10.2 Å². The first-order valence-electron chi connectivity index (χ1n) is 8.85. The fraction of sp³-hybridized carbons (Fsp3) is 0.765. The summed E-state index contributed by atoms with van der Waals surface area (Å²) in [4.78, 5) is 11.9. The van der Waals surface area contributed by atoms with Gasteiger partial charge in [0.25, 0.3) is 0 Å². The Kier molecular flexibility index (Phi) is 7.43. The highest BCUT2D eigenvalue weighted by atomic mass is 16.1. The summed E-state index contributed by atoms with van der Waals surface area (Å²) in [6.45, 7) is 0.739. The summed E-state index contributed by atoms with van der Waals surface area (Å²) in [5, 5.41) is 10.3. The van der Waals surface area contributed by atoms with E-state index in [0.717, 1.165) is 32.2 Å². The molecule has 0 bridgehead atoms. The average Bonchev–Trinajstić information content (AvgIpc) is 2.80. The van der Waals surface area contributed by atoms with Crippen LogP contribution in [0.3, 0.4) is 0 Å². The van der Waals surface area contributed by atoms with E-state index < -0.39 is 0 Å².